The zero-order valence-electron chi connectivity index (χ0n) is 21.0. The number of nitrogens with one attached hydrogen (secondary N) is 4. The summed E-state index contributed by atoms with van der Waals surface area (Å²) in [6, 6.07) is 16.1. The SMILES string of the molecule is CC(=O)Nc1cccc(OCC2=C(C(=O)OCc3cccc(N)c3)C(c3c[nH]c4ncccc34)NC(=O)N2)c1. The van der Waals surface area contributed by atoms with Crippen molar-refractivity contribution in [2.24, 2.45) is 0 Å². The first-order valence-electron chi connectivity index (χ1n) is 12.1. The van der Waals surface area contributed by atoms with Crippen LogP contribution in [0.1, 0.15) is 24.1 Å². The second kappa shape index (κ2) is 11.0. The van der Waals surface area contributed by atoms with Gasteiger partial charge in [-0.15, -0.1) is 0 Å². The fourth-order valence-corrected chi connectivity index (χ4v) is 4.35. The number of hydrogen-bond donors (Lipinski definition) is 5. The summed E-state index contributed by atoms with van der Waals surface area (Å²) < 4.78 is 11.6. The van der Waals surface area contributed by atoms with Gasteiger partial charge in [0.2, 0.25) is 5.91 Å². The van der Waals surface area contributed by atoms with Gasteiger partial charge in [-0.3, -0.25) is 4.79 Å². The lowest BCUT2D eigenvalue weighted by Crippen LogP contribution is -2.47. The minimum absolute atomic E-state index is 0.0175. The summed E-state index contributed by atoms with van der Waals surface area (Å²) in [5.74, 6) is -0.428. The van der Waals surface area contributed by atoms with Gasteiger partial charge in [-0.05, 0) is 42.0 Å². The molecule has 4 aromatic rings. The maximum absolute atomic E-state index is 13.6. The van der Waals surface area contributed by atoms with Crippen LogP contribution in [0.5, 0.6) is 5.75 Å². The number of ether oxygens (including phenoxy) is 2. The number of pyridine rings is 1. The fraction of sp³-hybridized carbons (Fsp3) is 0.143. The maximum atomic E-state index is 13.6. The van der Waals surface area contributed by atoms with Crippen LogP contribution in [0.15, 0.2) is 84.3 Å². The molecule has 0 saturated heterocycles. The van der Waals surface area contributed by atoms with Crippen molar-refractivity contribution in [1.29, 1.82) is 0 Å². The number of amides is 3. The van der Waals surface area contributed by atoms with E-state index in [1.807, 2.05) is 6.07 Å². The van der Waals surface area contributed by atoms with E-state index in [1.165, 1.54) is 6.92 Å². The van der Waals surface area contributed by atoms with Crippen molar-refractivity contribution in [3.05, 3.63) is 95.5 Å². The maximum Gasteiger partial charge on any atom is 0.338 e. The minimum atomic E-state index is -0.839. The third-order valence-electron chi connectivity index (χ3n) is 6.03. The van der Waals surface area contributed by atoms with E-state index in [1.54, 1.807) is 67.0 Å². The lowest BCUT2D eigenvalue weighted by atomic mass is 9.95. The number of nitrogen functional groups attached to an aromatic ring is 1. The smallest absolute Gasteiger partial charge is 0.338 e. The van der Waals surface area contributed by atoms with E-state index in [-0.39, 0.29) is 30.4 Å². The number of benzene rings is 2. The first-order valence-corrected chi connectivity index (χ1v) is 12.1. The number of rotatable bonds is 8. The van der Waals surface area contributed by atoms with Gasteiger partial charge in [-0.2, -0.15) is 0 Å². The number of aromatic amines is 1. The van der Waals surface area contributed by atoms with E-state index in [4.69, 9.17) is 15.2 Å². The summed E-state index contributed by atoms with van der Waals surface area (Å²) in [5, 5.41) is 8.97. The Morgan fingerprint density at radius 1 is 1.08 bits per heavy atom. The van der Waals surface area contributed by atoms with Gasteiger partial charge in [0.15, 0.2) is 0 Å². The average molecular weight is 527 g/mol. The monoisotopic (exact) mass is 526 g/mol. The van der Waals surface area contributed by atoms with Gasteiger partial charge >= 0.3 is 12.0 Å². The van der Waals surface area contributed by atoms with E-state index in [0.717, 1.165) is 10.9 Å². The topological polar surface area (TPSA) is 160 Å². The molecule has 3 amide bonds. The molecule has 1 unspecified atom stereocenters. The average Bonchev–Trinajstić information content (AvgIpc) is 3.34. The number of nitrogens with zero attached hydrogens (tertiary/aromatic N) is 1. The van der Waals surface area contributed by atoms with Crippen LogP contribution in [0.4, 0.5) is 16.2 Å². The van der Waals surface area contributed by atoms with Crippen molar-refractivity contribution in [2.75, 3.05) is 17.7 Å². The molecule has 198 valence electrons. The van der Waals surface area contributed by atoms with Gasteiger partial charge in [0.25, 0.3) is 0 Å². The molecule has 5 rings (SSSR count). The number of fused-ring (bicyclic) bond motifs is 1. The molecule has 1 aliphatic heterocycles. The van der Waals surface area contributed by atoms with Crippen LogP contribution in [0.3, 0.4) is 0 Å². The predicted molar refractivity (Wildman–Crippen MR) is 144 cm³/mol. The molecule has 0 fully saturated rings. The standard InChI is InChI=1S/C28H26N6O5/c1-16(35)32-19-7-3-8-20(12-19)38-15-23-24(27(36)39-14-17-5-2-6-18(29)11-17)25(34-28(37)33-23)22-13-31-26-21(22)9-4-10-30-26/h2-13,25H,14-15,29H2,1H3,(H,30,31)(H,32,35)(H2,33,34,37). The Morgan fingerprint density at radius 2 is 1.92 bits per heavy atom. The summed E-state index contributed by atoms with van der Waals surface area (Å²) in [7, 11) is 0. The molecule has 1 atom stereocenters. The van der Waals surface area contributed by atoms with E-state index in [9.17, 15) is 14.4 Å². The van der Waals surface area contributed by atoms with Crippen LogP contribution >= 0.6 is 0 Å². The molecule has 3 heterocycles. The largest absolute Gasteiger partial charge is 0.487 e. The lowest BCUT2D eigenvalue weighted by molar-refractivity contribution is -0.140. The number of esters is 1. The molecule has 11 heteroatoms. The quantitative estimate of drug-likeness (QED) is 0.173. The zero-order valence-corrected chi connectivity index (χ0v) is 21.0. The van der Waals surface area contributed by atoms with Gasteiger partial charge in [0.05, 0.1) is 17.3 Å². The molecule has 1 aliphatic rings. The summed E-state index contributed by atoms with van der Waals surface area (Å²) >= 11 is 0. The molecule has 2 aromatic carbocycles. The molecule has 2 aromatic heterocycles. The molecular weight excluding hydrogens is 500 g/mol. The number of anilines is 2. The predicted octanol–water partition coefficient (Wildman–Crippen LogP) is 3.53. The first-order chi connectivity index (χ1) is 18.9. The Labute approximate surface area is 223 Å². The number of carbonyl (C=O) groups is 3. The van der Waals surface area contributed by atoms with Gasteiger partial charge in [-0.1, -0.05) is 18.2 Å². The number of hydrogen-bond acceptors (Lipinski definition) is 7. The van der Waals surface area contributed by atoms with Crippen LogP contribution in [0.2, 0.25) is 0 Å². The third-order valence-corrected chi connectivity index (χ3v) is 6.03. The molecule has 11 nitrogen and oxygen atoms in total. The Morgan fingerprint density at radius 3 is 2.74 bits per heavy atom. The number of urea groups is 1. The lowest BCUT2D eigenvalue weighted by Gasteiger charge is -2.29. The van der Waals surface area contributed by atoms with Crippen LogP contribution in [-0.4, -0.2) is 34.5 Å². The summed E-state index contributed by atoms with van der Waals surface area (Å²) in [6.07, 6.45) is 3.35. The molecule has 39 heavy (non-hydrogen) atoms. The highest BCUT2D eigenvalue weighted by Gasteiger charge is 2.35. The van der Waals surface area contributed by atoms with Crippen molar-refractivity contribution in [1.82, 2.24) is 20.6 Å². The second-order valence-corrected chi connectivity index (χ2v) is 8.89. The van der Waals surface area contributed by atoms with Gasteiger partial charge < -0.3 is 36.1 Å². The molecule has 0 spiro atoms. The Balaban J connectivity index is 1.48. The van der Waals surface area contributed by atoms with E-state index in [0.29, 0.717) is 28.3 Å². The van der Waals surface area contributed by atoms with E-state index < -0.39 is 18.0 Å². The Kier molecular flexibility index (Phi) is 7.13. The highest BCUT2D eigenvalue weighted by atomic mass is 16.5. The van der Waals surface area contributed by atoms with Crippen molar-refractivity contribution in [2.45, 2.75) is 19.6 Å². The van der Waals surface area contributed by atoms with Crippen LogP contribution in [-0.2, 0) is 20.9 Å². The molecular formula is C28H26N6O5. The zero-order chi connectivity index (χ0) is 27.4. The van der Waals surface area contributed by atoms with E-state index >= 15 is 0 Å². The van der Waals surface area contributed by atoms with Crippen LogP contribution in [0.25, 0.3) is 11.0 Å². The number of nitrogens with two attached hydrogens (primary N) is 1. The first kappa shape index (κ1) is 25.3. The van der Waals surface area contributed by atoms with Crippen LogP contribution in [0, 0.1) is 0 Å². The second-order valence-electron chi connectivity index (χ2n) is 8.89. The van der Waals surface area contributed by atoms with Crippen LogP contribution < -0.4 is 26.4 Å². The summed E-state index contributed by atoms with van der Waals surface area (Å²) in [4.78, 5) is 45.1. The molecule has 0 saturated carbocycles. The number of aromatic nitrogens is 2. The highest BCUT2D eigenvalue weighted by molar-refractivity contribution is 5.97. The van der Waals surface area contributed by atoms with Gasteiger partial charge in [0.1, 0.15) is 24.6 Å². The Bertz CT molecular complexity index is 1590. The van der Waals surface area contributed by atoms with Gasteiger partial charge in [0, 0.05) is 47.7 Å². The summed E-state index contributed by atoms with van der Waals surface area (Å²) in [5.41, 5.74) is 9.36. The Hall–Kier alpha value is -5.32. The van der Waals surface area contributed by atoms with E-state index in [2.05, 4.69) is 25.9 Å². The highest BCUT2D eigenvalue weighted by Crippen LogP contribution is 2.32. The van der Waals surface area contributed by atoms with Crippen molar-refractivity contribution in [3.63, 3.8) is 0 Å². The fourth-order valence-electron chi connectivity index (χ4n) is 4.35. The summed E-state index contributed by atoms with van der Waals surface area (Å²) in [6.45, 7) is 1.25. The minimum Gasteiger partial charge on any atom is -0.487 e. The normalized spacial score (nSPS) is 14.9. The number of H-pyrrole nitrogens is 1. The van der Waals surface area contributed by atoms with Gasteiger partial charge in [-0.25, -0.2) is 14.6 Å². The molecule has 0 radical (unpaired) electrons. The third kappa shape index (κ3) is 5.82. The van der Waals surface area contributed by atoms with Crippen molar-refractivity contribution >= 4 is 40.3 Å². The molecule has 0 bridgehead atoms. The van der Waals surface area contributed by atoms with Crippen molar-refractivity contribution in [3.8, 4) is 5.75 Å². The van der Waals surface area contributed by atoms with Crippen molar-refractivity contribution < 1.29 is 23.9 Å². The molecule has 6 N–H and O–H groups in total. The molecule has 0 aliphatic carbocycles. The number of carbonyl (C=O) groups excluding carboxylic acids is 3.